The standard InChI is InChI=1S/C30H24ClN7O3/c1-17(37-29-25-22(39)11-12-32-28(25)35-16-36-29)27-26(31)21-10-6-9-20(18-13-33-23(15-41-2)34-14-18)24(21)30(40)38(27)19-7-4-3-5-8-19/h3-14,16-17H,15H2,1-2H3,(H2,32,35,36,37,39)/t17-/m0/s1. The van der Waals surface area contributed by atoms with Gasteiger partial charge in [-0.2, -0.15) is 0 Å². The van der Waals surface area contributed by atoms with Gasteiger partial charge in [-0.05, 0) is 24.6 Å². The Morgan fingerprint density at radius 1 is 0.976 bits per heavy atom. The lowest BCUT2D eigenvalue weighted by atomic mass is 9.99. The molecule has 0 aliphatic carbocycles. The number of H-pyrrole nitrogens is 1. The third-order valence-electron chi connectivity index (χ3n) is 6.80. The number of halogens is 1. The number of hydrogen-bond donors (Lipinski definition) is 2. The highest BCUT2D eigenvalue weighted by Crippen LogP contribution is 2.36. The van der Waals surface area contributed by atoms with E-state index < -0.39 is 6.04 Å². The molecular formula is C30H24ClN7O3. The molecule has 0 fully saturated rings. The van der Waals surface area contributed by atoms with E-state index in [-0.39, 0.29) is 17.6 Å². The van der Waals surface area contributed by atoms with E-state index in [1.807, 2.05) is 55.5 Å². The van der Waals surface area contributed by atoms with Crippen molar-refractivity contribution in [3.05, 3.63) is 117 Å². The van der Waals surface area contributed by atoms with Crippen molar-refractivity contribution in [1.29, 1.82) is 0 Å². The molecule has 0 aliphatic heterocycles. The van der Waals surface area contributed by atoms with Gasteiger partial charge in [-0.1, -0.05) is 48.0 Å². The highest BCUT2D eigenvalue weighted by Gasteiger charge is 2.24. The summed E-state index contributed by atoms with van der Waals surface area (Å²) in [4.78, 5) is 47.3. The molecule has 2 aromatic carbocycles. The van der Waals surface area contributed by atoms with Crippen molar-refractivity contribution in [2.75, 3.05) is 12.4 Å². The topological polar surface area (TPSA) is 128 Å². The number of fused-ring (bicyclic) bond motifs is 2. The molecule has 0 radical (unpaired) electrons. The fraction of sp³-hybridized carbons (Fsp3) is 0.133. The van der Waals surface area contributed by atoms with Gasteiger partial charge in [-0.25, -0.2) is 19.9 Å². The number of anilines is 1. The maximum atomic E-state index is 14.4. The first-order chi connectivity index (χ1) is 20.0. The van der Waals surface area contributed by atoms with E-state index in [0.717, 1.165) is 0 Å². The molecule has 0 saturated carbocycles. The molecule has 0 amide bonds. The highest BCUT2D eigenvalue weighted by atomic mass is 35.5. The summed E-state index contributed by atoms with van der Waals surface area (Å²) in [5.41, 5.74) is 2.38. The number of benzene rings is 2. The fourth-order valence-corrected chi connectivity index (χ4v) is 5.37. The summed E-state index contributed by atoms with van der Waals surface area (Å²) in [5, 5.41) is 5.01. The first kappa shape index (κ1) is 26.3. The van der Waals surface area contributed by atoms with Crippen LogP contribution in [0.5, 0.6) is 0 Å². The van der Waals surface area contributed by atoms with Gasteiger partial charge in [0.05, 0.1) is 22.1 Å². The molecular weight excluding hydrogens is 542 g/mol. The van der Waals surface area contributed by atoms with E-state index in [2.05, 4.69) is 30.2 Å². The molecule has 6 rings (SSSR count). The first-order valence-corrected chi connectivity index (χ1v) is 13.2. The van der Waals surface area contributed by atoms with Gasteiger partial charge in [-0.3, -0.25) is 14.2 Å². The van der Waals surface area contributed by atoms with Gasteiger partial charge in [0.1, 0.15) is 29.8 Å². The van der Waals surface area contributed by atoms with E-state index in [1.165, 1.54) is 18.6 Å². The van der Waals surface area contributed by atoms with Crippen LogP contribution < -0.4 is 16.3 Å². The molecule has 6 aromatic rings. The molecule has 1 atom stereocenters. The summed E-state index contributed by atoms with van der Waals surface area (Å²) in [5.74, 6) is 0.865. The Balaban J connectivity index is 1.58. The zero-order valence-corrected chi connectivity index (χ0v) is 22.9. The van der Waals surface area contributed by atoms with Crippen molar-refractivity contribution in [3.8, 4) is 16.8 Å². The van der Waals surface area contributed by atoms with Crippen LogP contribution in [0.2, 0.25) is 5.02 Å². The molecule has 2 N–H and O–H groups in total. The minimum absolute atomic E-state index is 0.234. The van der Waals surface area contributed by atoms with Gasteiger partial charge in [0, 0.05) is 48.4 Å². The lowest BCUT2D eigenvalue weighted by Gasteiger charge is -2.24. The third-order valence-corrected chi connectivity index (χ3v) is 7.20. The molecule has 4 heterocycles. The van der Waals surface area contributed by atoms with Gasteiger partial charge < -0.3 is 15.0 Å². The zero-order valence-electron chi connectivity index (χ0n) is 22.1. The summed E-state index contributed by atoms with van der Waals surface area (Å²) < 4.78 is 6.72. The van der Waals surface area contributed by atoms with Crippen LogP contribution in [-0.2, 0) is 11.3 Å². The normalized spacial score (nSPS) is 12.1. The highest BCUT2D eigenvalue weighted by molar-refractivity contribution is 6.36. The summed E-state index contributed by atoms with van der Waals surface area (Å²) >= 11 is 7.16. The third kappa shape index (κ3) is 4.73. The molecule has 10 nitrogen and oxygen atoms in total. The number of aromatic amines is 1. The Morgan fingerprint density at radius 2 is 1.76 bits per heavy atom. The second-order valence-corrected chi connectivity index (χ2v) is 9.76. The average Bonchev–Trinajstić information content (AvgIpc) is 2.99. The smallest absolute Gasteiger partial charge is 0.263 e. The van der Waals surface area contributed by atoms with Gasteiger partial charge in [0.2, 0.25) is 0 Å². The quantitative estimate of drug-likeness (QED) is 0.275. The maximum Gasteiger partial charge on any atom is 0.263 e. The molecule has 0 bridgehead atoms. The predicted octanol–water partition coefficient (Wildman–Crippen LogP) is 5.05. The van der Waals surface area contributed by atoms with Crippen molar-refractivity contribution < 1.29 is 4.74 Å². The van der Waals surface area contributed by atoms with Crippen LogP contribution in [0.3, 0.4) is 0 Å². The van der Waals surface area contributed by atoms with Crippen molar-refractivity contribution in [2.45, 2.75) is 19.6 Å². The van der Waals surface area contributed by atoms with Crippen LogP contribution in [0, 0.1) is 0 Å². The van der Waals surface area contributed by atoms with E-state index in [9.17, 15) is 9.59 Å². The summed E-state index contributed by atoms with van der Waals surface area (Å²) in [6.45, 7) is 2.15. The number of rotatable bonds is 7. The summed E-state index contributed by atoms with van der Waals surface area (Å²) in [7, 11) is 1.58. The zero-order chi connectivity index (χ0) is 28.5. The van der Waals surface area contributed by atoms with Crippen LogP contribution in [0.25, 0.3) is 38.6 Å². The average molecular weight is 566 g/mol. The number of methoxy groups -OCH3 is 1. The summed E-state index contributed by atoms with van der Waals surface area (Å²) in [6.07, 6.45) is 6.25. The van der Waals surface area contributed by atoms with Crippen molar-refractivity contribution in [2.24, 2.45) is 0 Å². The minimum atomic E-state index is -0.544. The van der Waals surface area contributed by atoms with E-state index in [0.29, 0.717) is 61.0 Å². The second-order valence-electron chi connectivity index (χ2n) is 9.38. The monoisotopic (exact) mass is 565 g/mol. The van der Waals surface area contributed by atoms with Crippen molar-refractivity contribution >= 4 is 39.2 Å². The molecule has 41 heavy (non-hydrogen) atoms. The number of ether oxygens (including phenoxy) is 1. The van der Waals surface area contributed by atoms with Gasteiger partial charge in [-0.15, -0.1) is 0 Å². The fourth-order valence-electron chi connectivity index (χ4n) is 4.97. The van der Waals surface area contributed by atoms with E-state index in [1.54, 1.807) is 24.1 Å². The summed E-state index contributed by atoms with van der Waals surface area (Å²) in [6, 6.07) is 15.7. The predicted molar refractivity (Wildman–Crippen MR) is 158 cm³/mol. The number of aromatic nitrogens is 6. The van der Waals surface area contributed by atoms with Crippen LogP contribution in [0.15, 0.2) is 89.1 Å². The Morgan fingerprint density at radius 3 is 2.51 bits per heavy atom. The van der Waals surface area contributed by atoms with Gasteiger partial charge in [0.25, 0.3) is 5.56 Å². The number of para-hydroxylation sites is 1. The molecule has 204 valence electrons. The molecule has 0 unspecified atom stereocenters. The Bertz CT molecular complexity index is 2000. The maximum absolute atomic E-state index is 14.4. The Labute approximate surface area is 238 Å². The first-order valence-electron chi connectivity index (χ1n) is 12.8. The second kappa shape index (κ2) is 10.9. The Kier molecular flexibility index (Phi) is 7.00. The van der Waals surface area contributed by atoms with E-state index in [4.69, 9.17) is 16.3 Å². The molecule has 0 spiro atoms. The molecule has 11 heteroatoms. The van der Waals surface area contributed by atoms with Crippen LogP contribution in [0.1, 0.15) is 24.5 Å². The number of nitrogens with zero attached hydrogens (tertiary/aromatic N) is 5. The lowest BCUT2D eigenvalue weighted by Crippen LogP contribution is -2.27. The van der Waals surface area contributed by atoms with Crippen LogP contribution in [-0.4, -0.2) is 36.6 Å². The van der Waals surface area contributed by atoms with Crippen LogP contribution in [0.4, 0.5) is 5.82 Å². The van der Waals surface area contributed by atoms with Gasteiger partial charge in [0.15, 0.2) is 11.3 Å². The van der Waals surface area contributed by atoms with Gasteiger partial charge >= 0.3 is 0 Å². The molecule has 0 saturated heterocycles. The molecule has 0 aliphatic rings. The molecule has 4 aromatic heterocycles. The largest absolute Gasteiger partial charge is 0.377 e. The minimum Gasteiger partial charge on any atom is -0.377 e. The number of pyridine rings is 2. The van der Waals surface area contributed by atoms with Crippen LogP contribution >= 0.6 is 11.6 Å². The SMILES string of the molecule is COCc1ncc(-c2cccc3c(Cl)c([C@H](C)Nc4ncnc5[nH]ccc(=O)c45)n(-c4ccccc4)c(=O)c23)cn1. The Hall–Kier alpha value is -4.93. The lowest BCUT2D eigenvalue weighted by molar-refractivity contribution is 0.178. The van der Waals surface area contributed by atoms with E-state index >= 15 is 0 Å². The number of hydrogen-bond acceptors (Lipinski definition) is 8. The number of nitrogens with one attached hydrogen (secondary N) is 2. The van der Waals surface area contributed by atoms with Crippen molar-refractivity contribution in [3.63, 3.8) is 0 Å². The van der Waals surface area contributed by atoms with Crippen molar-refractivity contribution in [1.82, 2.24) is 29.5 Å².